The Morgan fingerprint density at radius 2 is 2.08 bits per heavy atom. The number of hydrogen-bond acceptors (Lipinski definition) is 3. The maximum Gasteiger partial charge on any atom is 0.191 e. The van der Waals surface area contributed by atoms with E-state index in [0.717, 1.165) is 56.6 Å². The first-order valence-electron chi connectivity index (χ1n) is 9.17. The van der Waals surface area contributed by atoms with Crippen molar-refractivity contribution in [2.24, 2.45) is 4.99 Å². The molecule has 0 amide bonds. The van der Waals surface area contributed by atoms with E-state index in [2.05, 4.69) is 58.6 Å². The molecule has 6 nitrogen and oxygen atoms in total. The number of ether oxygens (including phenoxy) is 1. The van der Waals surface area contributed by atoms with Crippen LogP contribution < -0.4 is 10.6 Å². The van der Waals surface area contributed by atoms with Crippen molar-refractivity contribution in [2.45, 2.75) is 26.4 Å². The largest absolute Gasteiger partial charge is 0.379 e. The highest BCUT2D eigenvalue weighted by Crippen LogP contribution is 2.15. The van der Waals surface area contributed by atoms with Crippen LogP contribution >= 0.6 is 0 Å². The Balaban J connectivity index is 1.56. The van der Waals surface area contributed by atoms with Crippen LogP contribution in [0.1, 0.15) is 19.5 Å². The summed E-state index contributed by atoms with van der Waals surface area (Å²) in [5, 5.41) is 8.02. The smallest absolute Gasteiger partial charge is 0.191 e. The van der Waals surface area contributed by atoms with Gasteiger partial charge in [-0.3, -0.25) is 4.90 Å². The molecule has 6 heteroatoms. The first-order chi connectivity index (χ1) is 12.3. The van der Waals surface area contributed by atoms with Crippen LogP contribution in [0.2, 0.25) is 0 Å². The van der Waals surface area contributed by atoms with E-state index in [1.54, 1.807) is 0 Å². The molecule has 1 aliphatic heterocycles. The first kappa shape index (κ1) is 17.8. The van der Waals surface area contributed by atoms with Gasteiger partial charge in [-0.2, -0.15) is 0 Å². The number of nitrogens with zero attached hydrogens (tertiary/aromatic N) is 2. The number of hydrogen-bond donors (Lipinski definition) is 3. The number of H-pyrrole nitrogens is 1. The molecule has 136 valence electrons. The zero-order valence-corrected chi connectivity index (χ0v) is 15.2. The minimum Gasteiger partial charge on any atom is -0.379 e. The minimum atomic E-state index is 0.459. The fraction of sp³-hybridized carbons (Fsp3) is 0.526. The van der Waals surface area contributed by atoms with E-state index in [-0.39, 0.29) is 0 Å². The van der Waals surface area contributed by atoms with Gasteiger partial charge in [-0.15, -0.1) is 0 Å². The Morgan fingerprint density at radius 1 is 1.28 bits per heavy atom. The van der Waals surface area contributed by atoms with Crippen LogP contribution in [0, 0.1) is 0 Å². The lowest BCUT2D eigenvalue weighted by atomic mass is 10.2. The summed E-state index contributed by atoms with van der Waals surface area (Å²) in [5.41, 5.74) is 2.28. The standard InChI is InChI=1S/C19H29N5O/c1-3-20-19(21-13-15(2)24-8-10-25-11-9-24)22-14-17-12-16-6-4-5-7-18(16)23-17/h4-7,12,15,23H,3,8-11,13-14H2,1-2H3,(H2,20,21,22). The Labute approximate surface area is 149 Å². The van der Waals surface area contributed by atoms with Crippen LogP contribution in [0.3, 0.4) is 0 Å². The molecule has 3 rings (SSSR count). The lowest BCUT2D eigenvalue weighted by Crippen LogP contribution is -2.49. The lowest BCUT2D eigenvalue weighted by molar-refractivity contribution is 0.0211. The van der Waals surface area contributed by atoms with E-state index in [4.69, 9.17) is 9.73 Å². The number of benzene rings is 1. The van der Waals surface area contributed by atoms with Crippen LogP contribution in [0.5, 0.6) is 0 Å². The number of aromatic nitrogens is 1. The predicted octanol–water partition coefficient (Wildman–Crippen LogP) is 1.94. The summed E-state index contributed by atoms with van der Waals surface area (Å²) < 4.78 is 5.42. The Bertz CT molecular complexity index is 657. The average Bonchev–Trinajstić information content (AvgIpc) is 3.07. The molecule has 0 aliphatic carbocycles. The summed E-state index contributed by atoms with van der Waals surface area (Å²) in [6, 6.07) is 10.9. The summed E-state index contributed by atoms with van der Waals surface area (Å²) in [6.07, 6.45) is 0. The Morgan fingerprint density at radius 3 is 2.84 bits per heavy atom. The molecule has 1 fully saturated rings. The third-order valence-corrected chi connectivity index (χ3v) is 4.57. The average molecular weight is 343 g/mol. The molecule has 1 atom stereocenters. The first-order valence-corrected chi connectivity index (χ1v) is 9.17. The van der Waals surface area contributed by atoms with E-state index in [1.165, 1.54) is 5.39 Å². The molecule has 0 radical (unpaired) electrons. The van der Waals surface area contributed by atoms with Crippen molar-refractivity contribution in [1.82, 2.24) is 20.5 Å². The van der Waals surface area contributed by atoms with Crippen molar-refractivity contribution in [3.8, 4) is 0 Å². The quantitative estimate of drug-likeness (QED) is 0.554. The van der Waals surface area contributed by atoms with Gasteiger partial charge in [-0.05, 0) is 31.4 Å². The highest BCUT2D eigenvalue weighted by molar-refractivity contribution is 5.81. The van der Waals surface area contributed by atoms with Crippen molar-refractivity contribution < 1.29 is 4.74 Å². The number of para-hydroxylation sites is 1. The van der Waals surface area contributed by atoms with Crippen LogP contribution in [0.25, 0.3) is 10.9 Å². The van der Waals surface area contributed by atoms with Gasteiger partial charge in [0.2, 0.25) is 0 Å². The van der Waals surface area contributed by atoms with Gasteiger partial charge in [-0.25, -0.2) is 4.99 Å². The predicted molar refractivity (Wildman–Crippen MR) is 103 cm³/mol. The monoisotopic (exact) mass is 343 g/mol. The molecule has 1 unspecified atom stereocenters. The molecule has 1 aromatic heterocycles. The normalized spacial score (nSPS) is 17.6. The SMILES string of the molecule is CCNC(=NCc1cc2ccccc2[nH]1)NCC(C)N1CCOCC1. The number of fused-ring (bicyclic) bond motifs is 1. The summed E-state index contributed by atoms with van der Waals surface area (Å²) >= 11 is 0. The number of guanidine groups is 1. The van der Waals surface area contributed by atoms with Gasteiger partial charge in [0.15, 0.2) is 5.96 Å². The maximum atomic E-state index is 5.42. The summed E-state index contributed by atoms with van der Waals surface area (Å²) in [4.78, 5) is 10.6. The molecule has 1 aliphatic rings. The molecule has 0 spiro atoms. The second-order valence-electron chi connectivity index (χ2n) is 6.46. The molecular weight excluding hydrogens is 314 g/mol. The van der Waals surface area contributed by atoms with E-state index in [9.17, 15) is 0 Å². The molecule has 2 aromatic rings. The van der Waals surface area contributed by atoms with Crippen LogP contribution in [0.4, 0.5) is 0 Å². The summed E-state index contributed by atoms with van der Waals surface area (Å²) in [7, 11) is 0. The molecule has 1 saturated heterocycles. The Kier molecular flexibility index (Phi) is 6.30. The van der Waals surface area contributed by atoms with Gasteiger partial charge in [0, 0.05) is 43.4 Å². The Hall–Kier alpha value is -2.05. The topological polar surface area (TPSA) is 64.7 Å². The van der Waals surface area contributed by atoms with Crippen molar-refractivity contribution in [3.05, 3.63) is 36.0 Å². The molecule has 1 aromatic carbocycles. The molecule has 3 N–H and O–H groups in total. The van der Waals surface area contributed by atoms with Gasteiger partial charge in [0.1, 0.15) is 0 Å². The zero-order chi connectivity index (χ0) is 17.5. The number of rotatable bonds is 6. The van der Waals surface area contributed by atoms with E-state index in [1.807, 2.05) is 6.07 Å². The molecule has 2 heterocycles. The molecule has 25 heavy (non-hydrogen) atoms. The van der Waals surface area contributed by atoms with E-state index in [0.29, 0.717) is 12.6 Å². The summed E-state index contributed by atoms with van der Waals surface area (Å²) in [5.74, 6) is 0.862. The minimum absolute atomic E-state index is 0.459. The highest BCUT2D eigenvalue weighted by atomic mass is 16.5. The molecular formula is C19H29N5O. The second kappa shape index (κ2) is 8.87. The lowest BCUT2D eigenvalue weighted by Gasteiger charge is -2.32. The maximum absolute atomic E-state index is 5.42. The number of morpholine rings is 1. The third kappa shape index (κ3) is 4.96. The van der Waals surface area contributed by atoms with E-state index >= 15 is 0 Å². The van der Waals surface area contributed by atoms with Gasteiger partial charge in [-0.1, -0.05) is 18.2 Å². The van der Waals surface area contributed by atoms with Crippen molar-refractivity contribution in [3.63, 3.8) is 0 Å². The number of nitrogens with one attached hydrogen (secondary N) is 3. The van der Waals surface area contributed by atoms with Crippen molar-refractivity contribution >= 4 is 16.9 Å². The van der Waals surface area contributed by atoms with Crippen LogP contribution in [0.15, 0.2) is 35.3 Å². The van der Waals surface area contributed by atoms with Crippen molar-refractivity contribution in [2.75, 3.05) is 39.4 Å². The van der Waals surface area contributed by atoms with Crippen molar-refractivity contribution in [1.29, 1.82) is 0 Å². The van der Waals surface area contributed by atoms with Crippen LogP contribution in [-0.4, -0.2) is 61.3 Å². The number of aromatic amines is 1. The zero-order valence-electron chi connectivity index (χ0n) is 15.2. The third-order valence-electron chi connectivity index (χ3n) is 4.57. The fourth-order valence-corrected chi connectivity index (χ4v) is 3.12. The molecule has 0 bridgehead atoms. The number of aliphatic imine (C=N–C) groups is 1. The van der Waals surface area contributed by atoms with E-state index < -0.39 is 0 Å². The fourth-order valence-electron chi connectivity index (χ4n) is 3.12. The highest BCUT2D eigenvalue weighted by Gasteiger charge is 2.16. The molecule has 0 saturated carbocycles. The van der Waals surface area contributed by atoms with Gasteiger partial charge >= 0.3 is 0 Å². The summed E-state index contributed by atoms with van der Waals surface area (Å²) in [6.45, 7) is 10.4. The van der Waals surface area contributed by atoms with Gasteiger partial charge < -0.3 is 20.4 Å². The van der Waals surface area contributed by atoms with Gasteiger partial charge in [0.05, 0.1) is 19.8 Å². The second-order valence-corrected chi connectivity index (χ2v) is 6.46. The van der Waals surface area contributed by atoms with Crippen LogP contribution in [-0.2, 0) is 11.3 Å². The van der Waals surface area contributed by atoms with Gasteiger partial charge in [0.25, 0.3) is 0 Å².